The van der Waals surface area contributed by atoms with Gasteiger partial charge in [-0.25, -0.2) is 5.01 Å². The van der Waals surface area contributed by atoms with E-state index in [4.69, 9.17) is 5.11 Å². The second-order valence-electron chi connectivity index (χ2n) is 7.02. The van der Waals surface area contributed by atoms with Crippen LogP contribution in [0.15, 0.2) is 60.0 Å². The topological polar surface area (TPSA) is 95.8 Å². The largest absolute Gasteiger partial charge is 0.481 e. The van der Waals surface area contributed by atoms with E-state index in [-0.39, 0.29) is 24.8 Å². The van der Waals surface area contributed by atoms with E-state index in [0.717, 1.165) is 33.4 Å². The summed E-state index contributed by atoms with van der Waals surface area (Å²) in [5, 5.41) is 15.0. The highest BCUT2D eigenvalue weighted by Gasteiger charge is 2.33. The molecule has 29 heavy (non-hydrogen) atoms. The first-order valence-electron chi connectivity index (χ1n) is 9.41. The monoisotopic (exact) mass is 388 g/mol. The molecule has 1 N–H and O–H groups in total. The van der Waals surface area contributed by atoms with Crippen molar-refractivity contribution < 1.29 is 14.7 Å². The van der Waals surface area contributed by atoms with Gasteiger partial charge in [0.1, 0.15) is 0 Å². The highest BCUT2D eigenvalue weighted by molar-refractivity contribution is 6.04. The number of carbonyl (C=O) groups is 2. The number of carboxylic acid groups (broad SMARTS) is 1. The third-order valence-corrected chi connectivity index (χ3v) is 5.05. The summed E-state index contributed by atoms with van der Waals surface area (Å²) < 4.78 is 0. The summed E-state index contributed by atoms with van der Waals surface area (Å²) >= 11 is 0. The molecule has 3 aromatic rings. The fourth-order valence-electron chi connectivity index (χ4n) is 3.58. The predicted octanol–water partition coefficient (Wildman–Crippen LogP) is 3.48. The number of aryl methyl sites for hydroxylation is 1. The van der Waals surface area contributed by atoms with E-state index >= 15 is 0 Å². The number of rotatable bonds is 5. The van der Waals surface area contributed by atoms with Gasteiger partial charge in [0.25, 0.3) is 0 Å². The molecule has 1 aliphatic heterocycles. The summed E-state index contributed by atoms with van der Waals surface area (Å²) in [5.41, 5.74) is 5.30. The molecule has 0 spiro atoms. The zero-order valence-corrected chi connectivity index (χ0v) is 15.9. The standard InChI is InChI=1S/C22H20N4O3/c1-14-4-2-3-5-16(14)18-13-20(26(25-18)21(27)8-9-22(28)29)15-6-7-17-19(12-15)24-11-10-23-17/h2-7,10-12,20H,8-9,13H2,1H3,(H,28,29)/t20-/m1/s1. The van der Waals surface area contributed by atoms with Crippen LogP contribution in [0.1, 0.15) is 42.0 Å². The first kappa shape index (κ1) is 18.7. The molecule has 7 heteroatoms. The van der Waals surface area contributed by atoms with Crippen molar-refractivity contribution in [3.63, 3.8) is 0 Å². The van der Waals surface area contributed by atoms with Crippen molar-refractivity contribution in [2.75, 3.05) is 0 Å². The number of carboxylic acids is 1. The van der Waals surface area contributed by atoms with E-state index < -0.39 is 5.97 Å². The second-order valence-corrected chi connectivity index (χ2v) is 7.02. The Hall–Kier alpha value is -3.61. The smallest absolute Gasteiger partial charge is 0.303 e. The van der Waals surface area contributed by atoms with Gasteiger partial charge in [-0.1, -0.05) is 30.3 Å². The zero-order chi connectivity index (χ0) is 20.4. The van der Waals surface area contributed by atoms with Crippen LogP contribution in [0.3, 0.4) is 0 Å². The summed E-state index contributed by atoms with van der Waals surface area (Å²) in [6.07, 6.45) is 3.50. The molecule has 4 rings (SSSR count). The molecule has 1 amide bonds. The van der Waals surface area contributed by atoms with Crippen LogP contribution in [-0.2, 0) is 9.59 Å². The minimum absolute atomic E-state index is 0.0935. The lowest BCUT2D eigenvalue weighted by atomic mass is 9.96. The summed E-state index contributed by atoms with van der Waals surface area (Å²) in [5.74, 6) is -1.31. The number of aromatic nitrogens is 2. The fourth-order valence-corrected chi connectivity index (χ4v) is 3.58. The van der Waals surface area contributed by atoms with E-state index in [1.165, 1.54) is 5.01 Å². The number of fused-ring (bicyclic) bond motifs is 1. The average Bonchev–Trinajstić information content (AvgIpc) is 3.17. The quantitative estimate of drug-likeness (QED) is 0.722. The Morgan fingerprint density at radius 1 is 1.07 bits per heavy atom. The molecule has 0 bridgehead atoms. The second kappa shape index (κ2) is 7.79. The Morgan fingerprint density at radius 3 is 2.59 bits per heavy atom. The molecule has 0 saturated heterocycles. The molecule has 0 saturated carbocycles. The van der Waals surface area contributed by atoms with E-state index in [2.05, 4.69) is 15.1 Å². The summed E-state index contributed by atoms with van der Waals surface area (Å²) in [4.78, 5) is 32.4. The minimum Gasteiger partial charge on any atom is -0.481 e. The number of amides is 1. The number of hydrazone groups is 1. The summed E-state index contributed by atoms with van der Waals surface area (Å²) in [6.45, 7) is 2.01. The first-order chi connectivity index (χ1) is 14.0. The van der Waals surface area contributed by atoms with Gasteiger partial charge in [-0.2, -0.15) is 5.10 Å². The van der Waals surface area contributed by atoms with Crippen LogP contribution in [-0.4, -0.2) is 37.7 Å². The molecule has 2 aromatic carbocycles. The lowest BCUT2D eigenvalue weighted by Crippen LogP contribution is -2.27. The third kappa shape index (κ3) is 3.85. The molecule has 1 aromatic heterocycles. The Labute approximate surface area is 167 Å². The van der Waals surface area contributed by atoms with Gasteiger partial charge in [0.15, 0.2) is 0 Å². The molecule has 146 valence electrons. The van der Waals surface area contributed by atoms with Crippen LogP contribution < -0.4 is 0 Å². The minimum atomic E-state index is -1.00. The van der Waals surface area contributed by atoms with Gasteiger partial charge in [0, 0.05) is 30.8 Å². The first-order valence-corrected chi connectivity index (χ1v) is 9.41. The van der Waals surface area contributed by atoms with Crippen molar-refractivity contribution in [2.24, 2.45) is 5.10 Å². The van der Waals surface area contributed by atoms with Gasteiger partial charge in [-0.3, -0.25) is 19.6 Å². The van der Waals surface area contributed by atoms with Gasteiger partial charge in [-0.15, -0.1) is 0 Å². The van der Waals surface area contributed by atoms with Gasteiger partial charge in [0.05, 0.1) is 29.2 Å². The fraction of sp³-hybridized carbons (Fsp3) is 0.227. The van der Waals surface area contributed by atoms with Crippen molar-refractivity contribution in [3.05, 3.63) is 71.5 Å². The predicted molar refractivity (Wildman–Crippen MR) is 108 cm³/mol. The molecular weight excluding hydrogens is 368 g/mol. The average molecular weight is 388 g/mol. The molecule has 7 nitrogen and oxygen atoms in total. The number of carbonyl (C=O) groups excluding carboxylic acids is 1. The van der Waals surface area contributed by atoms with E-state index in [9.17, 15) is 9.59 Å². The molecule has 1 atom stereocenters. The van der Waals surface area contributed by atoms with Crippen LogP contribution in [0.4, 0.5) is 0 Å². The number of nitrogens with zero attached hydrogens (tertiary/aromatic N) is 4. The van der Waals surface area contributed by atoms with Crippen molar-refractivity contribution in [1.82, 2.24) is 15.0 Å². The van der Waals surface area contributed by atoms with Crippen LogP contribution in [0.2, 0.25) is 0 Å². The van der Waals surface area contributed by atoms with E-state index in [1.807, 2.05) is 49.4 Å². The maximum Gasteiger partial charge on any atom is 0.303 e. The summed E-state index contributed by atoms with van der Waals surface area (Å²) in [7, 11) is 0. The van der Waals surface area contributed by atoms with E-state index in [0.29, 0.717) is 6.42 Å². The molecule has 0 aliphatic carbocycles. The number of aliphatic carboxylic acids is 1. The lowest BCUT2D eigenvalue weighted by Gasteiger charge is -2.22. The van der Waals surface area contributed by atoms with Crippen molar-refractivity contribution >= 4 is 28.6 Å². The number of hydrogen-bond donors (Lipinski definition) is 1. The molecular formula is C22H20N4O3. The maximum absolute atomic E-state index is 12.8. The third-order valence-electron chi connectivity index (χ3n) is 5.05. The Bertz CT molecular complexity index is 1130. The molecule has 2 heterocycles. The molecule has 1 aliphatic rings. The molecule has 0 unspecified atom stereocenters. The number of benzene rings is 2. The summed E-state index contributed by atoms with van der Waals surface area (Å²) in [6, 6.07) is 13.3. The normalized spacial score (nSPS) is 16.1. The lowest BCUT2D eigenvalue weighted by molar-refractivity contribution is -0.141. The van der Waals surface area contributed by atoms with Crippen molar-refractivity contribution in [3.8, 4) is 0 Å². The highest BCUT2D eigenvalue weighted by Crippen LogP contribution is 2.34. The Kier molecular flexibility index (Phi) is 5.03. The van der Waals surface area contributed by atoms with Crippen molar-refractivity contribution in [1.29, 1.82) is 0 Å². The van der Waals surface area contributed by atoms with Gasteiger partial charge in [0.2, 0.25) is 5.91 Å². The Morgan fingerprint density at radius 2 is 1.83 bits per heavy atom. The van der Waals surface area contributed by atoms with Crippen LogP contribution >= 0.6 is 0 Å². The highest BCUT2D eigenvalue weighted by atomic mass is 16.4. The maximum atomic E-state index is 12.8. The Balaban J connectivity index is 1.71. The molecule has 0 fully saturated rings. The number of hydrogen-bond acceptors (Lipinski definition) is 5. The van der Waals surface area contributed by atoms with E-state index in [1.54, 1.807) is 12.4 Å². The van der Waals surface area contributed by atoms with Crippen LogP contribution in [0, 0.1) is 6.92 Å². The van der Waals surface area contributed by atoms with Gasteiger partial charge >= 0.3 is 5.97 Å². The van der Waals surface area contributed by atoms with Crippen molar-refractivity contribution in [2.45, 2.75) is 32.2 Å². The SMILES string of the molecule is Cc1ccccc1C1=NN(C(=O)CCC(=O)O)[C@@H](c2ccc3nccnc3c2)C1. The zero-order valence-electron chi connectivity index (χ0n) is 15.9. The van der Waals surface area contributed by atoms with Gasteiger partial charge in [-0.05, 0) is 30.2 Å². The van der Waals surface area contributed by atoms with Gasteiger partial charge < -0.3 is 5.11 Å². The van der Waals surface area contributed by atoms with Crippen LogP contribution in [0.25, 0.3) is 11.0 Å². The van der Waals surface area contributed by atoms with Crippen LogP contribution in [0.5, 0.6) is 0 Å². The molecule has 0 radical (unpaired) electrons.